The zero-order valence-corrected chi connectivity index (χ0v) is 12.5. The van der Waals surface area contributed by atoms with Crippen molar-refractivity contribution in [1.29, 1.82) is 0 Å². The van der Waals surface area contributed by atoms with Crippen molar-refractivity contribution >= 4 is 16.9 Å². The lowest BCUT2D eigenvalue weighted by molar-refractivity contribution is 0.0697. The Morgan fingerprint density at radius 2 is 2.05 bits per heavy atom. The number of hydrogen-bond donors (Lipinski definition) is 1. The molecular formula is C18H17NO3. The third kappa shape index (κ3) is 2.68. The van der Waals surface area contributed by atoms with Crippen LogP contribution in [-0.4, -0.2) is 15.6 Å². The van der Waals surface area contributed by atoms with Crippen LogP contribution in [-0.2, 0) is 13.7 Å². The standard InChI is InChI=1S/C18H17NO3/c1-12-4-3-5-15(8-12)22-11-14-10-19(2)17-9-13(18(20)21)6-7-16(14)17/h3-10H,11H2,1-2H3,(H,20,21). The van der Waals surface area contributed by atoms with Crippen LogP contribution in [0.25, 0.3) is 10.9 Å². The number of fused-ring (bicyclic) bond motifs is 1. The Labute approximate surface area is 128 Å². The Morgan fingerprint density at radius 1 is 1.23 bits per heavy atom. The fraction of sp³-hybridized carbons (Fsp3) is 0.167. The second-order valence-corrected chi connectivity index (χ2v) is 5.41. The highest BCUT2D eigenvalue weighted by atomic mass is 16.5. The molecule has 22 heavy (non-hydrogen) atoms. The zero-order valence-electron chi connectivity index (χ0n) is 12.5. The van der Waals surface area contributed by atoms with Gasteiger partial charge in [0.2, 0.25) is 0 Å². The first-order valence-electron chi connectivity index (χ1n) is 7.05. The molecular weight excluding hydrogens is 278 g/mol. The van der Waals surface area contributed by atoms with Crippen molar-refractivity contribution in [3.8, 4) is 5.75 Å². The van der Waals surface area contributed by atoms with Crippen molar-refractivity contribution in [2.75, 3.05) is 0 Å². The summed E-state index contributed by atoms with van der Waals surface area (Å²) in [6.45, 7) is 2.48. The van der Waals surface area contributed by atoms with Gasteiger partial charge in [0.1, 0.15) is 12.4 Å². The molecule has 2 aromatic carbocycles. The molecule has 0 saturated heterocycles. The van der Waals surface area contributed by atoms with Gasteiger partial charge >= 0.3 is 5.97 Å². The summed E-state index contributed by atoms with van der Waals surface area (Å²) in [6, 6.07) is 13.1. The summed E-state index contributed by atoms with van der Waals surface area (Å²) in [4.78, 5) is 11.1. The van der Waals surface area contributed by atoms with Gasteiger partial charge < -0.3 is 14.4 Å². The third-order valence-electron chi connectivity index (χ3n) is 3.70. The molecule has 0 spiro atoms. The quantitative estimate of drug-likeness (QED) is 0.797. The van der Waals surface area contributed by atoms with Crippen molar-refractivity contribution in [3.63, 3.8) is 0 Å². The number of ether oxygens (including phenoxy) is 1. The molecule has 4 heteroatoms. The van der Waals surface area contributed by atoms with Gasteiger partial charge in [-0.25, -0.2) is 4.79 Å². The second-order valence-electron chi connectivity index (χ2n) is 5.41. The minimum atomic E-state index is -0.916. The summed E-state index contributed by atoms with van der Waals surface area (Å²) >= 11 is 0. The molecule has 112 valence electrons. The van der Waals surface area contributed by atoms with Crippen molar-refractivity contribution in [1.82, 2.24) is 4.57 Å². The molecule has 0 saturated carbocycles. The minimum Gasteiger partial charge on any atom is -0.489 e. The maximum absolute atomic E-state index is 11.1. The van der Waals surface area contributed by atoms with Gasteiger partial charge in [-0.15, -0.1) is 0 Å². The molecule has 0 atom stereocenters. The lowest BCUT2D eigenvalue weighted by atomic mass is 10.1. The first-order valence-corrected chi connectivity index (χ1v) is 7.05. The highest BCUT2D eigenvalue weighted by Gasteiger charge is 2.10. The van der Waals surface area contributed by atoms with Crippen molar-refractivity contribution in [2.45, 2.75) is 13.5 Å². The lowest BCUT2D eigenvalue weighted by Gasteiger charge is -2.06. The number of aromatic nitrogens is 1. The average Bonchev–Trinajstić information content (AvgIpc) is 2.81. The molecule has 0 amide bonds. The molecule has 1 N–H and O–H groups in total. The van der Waals surface area contributed by atoms with Crippen LogP contribution >= 0.6 is 0 Å². The minimum absolute atomic E-state index is 0.292. The molecule has 0 aliphatic carbocycles. The van der Waals surface area contributed by atoms with Crippen LogP contribution in [0, 0.1) is 6.92 Å². The van der Waals surface area contributed by atoms with E-state index in [0.29, 0.717) is 12.2 Å². The van der Waals surface area contributed by atoms with Crippen LogP contribution in [0.5, 0.6) is 5.75 Å². The molecule has 4 nitrogen and oxygen atoms in total. The predicted molar refractivity (Wildman–Crippen MR) is 85.4 cm³/mol. The van der Waals surface area contributed by atoms with Crippen molar-refractivity contribution in [3.05, 3.63) is 65.4 Å². The Morgan fingerprint density at radius 3 is 2.77 bits per heavy atom. The van der Waals surface area contributed by atoms with Gasteiger partial charge in [0.25, 0.3) is 0 Å². The van der Waals surface area contributed by atoms with Gasteiger partial charge in [-0.05, 0) is 36.8 Å². The molecule has 0 radical (unpaired) electrons. The van der Waals surface area contributed by atoms with Crippen LogP contribution in [0.3, 0.4) is 0 Å². The van der Waals surface area contributed by atoms with Crippen LogP contribution in [0.4, 0.5) is 0 Å². The van der Waals surface area contributed by atoms with Gasteiger partial charge in [0.05, 0.1) is 5.56 Å². The highest BCUT2D eigenvalue weighted by molar-refractivity contribution is 5.94. The molecule has 3 rings (SSSR count). The van der Waals surface area contributed by atoms with Crippen molar-refractivity contribution in [2.24, 2.45) is 7.05 Å². The second kappa shape index (κ2) is 5.56. The van der Waals surface area contributed by atoms with E-state index < -0.39 is 5.97 Å². The first kappa shape index (κ1) is 14.2. The van der Waals surface area contributed by atoms with Crippen LogP contribution in [0.15, 0.2) is 48.7 Å². The fourth-order valence-corrected chi connectivity index (χ4v) is 2.58. The molecule has 0 bridgehead atoms. The van der Waals surface area contributed by atoms with E-state index in [4.69, 9.17) is 9.84 Å². The molecule has 3 aromatic rings. The normalized spacial score (nSPS) is 10.8. The van der Waals surface area contributed by atoms with E-state index in [1.807, 2.05) is 55.1 Å². The number of rotatable bonds is 4. The van der Waals surface area contributed by atoms with Gasteiger partial charge in [0.15, 0.2) is 0 Å². The summed E-state index contributed by atoms with van der Waals surface area (Å²) < 4.78 is 7.77. The monoisotopic (exact) mass is 295 g/mol. The predicted octanol–water partition coefficient (Wildman–Crippen LogP) is 3.76. The van der Waals surface area contributed by atoms with Crippen LogP contribution in [0.1, 0.15) is 21.5 Å². The number of carboxylic acid groups (broad SMARTS) is 1. The molecule has 0 fully saturated rings. The van der Waals surface area contributed by atoms with Crippen molar-refractivity contribution < 1.29 is 14.6 Å². The maximum atomic E-state index is 11.1. The van der Waals surface area contributed by atoms with Crippen LogP contribution < -0.4 is 4.74 Å². The number of nitrogens with zero attached hydrogens (tertiary/aromatic N) is 1. The maximum Gasteiger partial charge on any atom is 0.335 e. The van der Waals surface area contributed by atoms with E-state index >= 15 is 0 Å². The van der Waals surface area contributed by atoms with Gasteiger partial charge in [-0.3, -0.25) is 0 Å². The SMILES string of the molecule is Cc1cccc(OCc2cn(C)c3cc(C(=O)O)ccc23)c1. The Hall–Kier alpha value is -2.75. The zero-order chi connectivity index (χ0) is 15.7. The van der Waals surface area contributed by atoms with E-state index in [1.54, 1.807) is 12.1 Å². The topological polar surface area (TPSA) is 51.5 Å². The fourth-order valence-electron chi connectivity index (χ4n) is 2.58. The van der Waals surface area contributed by atoms with E-state index in [2.05, 4.69) is 0 Å². The van der Waals surface area contributed by atoms with Gasteiger partial charge in [-0.2, -0.15) is 0 Å². The summed E-state index contributed by atoms with van der Waals surface area (Å²) in [7, 11) is 1.91. The molecule has 1 aromatic heterocycles. The summed E-state index contributed by atoms with van der Waals surface area (Å²) in [5.41, 5.74) is 3.38. The van der Waals surface area contributed by atoms with Gasteiger partial charge in [0, 0.05) is 29.7 Å². The smallest absolute Gasteiger partial charge is 0.335 e. The molecule has 0 unspecified atom stereocenters. The Balaban J connectivity index is 1.90. The summed E-state index contributed by atoms with van der Waals surface area (Å²) in [5, 5.41) is 10.1. The number of aryl methyl sites for hydroxylation is 2. The van der Waals surface area contributed by atoms with E-state index in [0.717, 1.165) is 27.8 Å². The number of hydrogen-bond acceptors (Lipinski definition) is 2. The largest absolute Gasteiger partial charge is 0.489 e. The Bertz CT molecular complexity index is 849. The summed E-state index contributed by atoms with van der Waals surface area (Å²) in [5.74, 6) is -0.0835. The summed E-state index contributed by atoms with van der Waals surface area (Å²) in [6.07, 6.45) is 1.98. The van der Waals surface area contributed by atoms with E-state index in [-0.39, 0.29) is 0 Å². The number of benzene rings is 2. The third-order valence-corrected chi connectivity index (χ3v) is 3.70. The molecule has 0 aliphatic rings. The number of carbonyl (C=O) groups is 1. The first-order chi connectivity index (χ1) is 10.5. The van der Waals surface area contributed by atoms with E-state index in [1.165, 1.54) is 0 Å². The average molecular weight is 295 g/mol. The van der Waals surface area contributed by atoms with Crippen LogP contribution in [0.2, 0.25) is 0 Å². The number of carboxylic acids is 1. The Kier molecular flexibility index (Phi) is 3.59. The lowest BCUT2D eigenvalue weighted by Crippen LogP contribution is -1.96. The number of aromatic carboxylic acids is 1. The molecule has 0 aliphatic heterocycles. The van der Waals surface area contributed by atoms with E-state index in [9.17, 15) is 4.79 Å². The highest BCUT2D eigenvalue weighted by Crippen LogP contribution is 2.24. The van der Waals surface area contributed by atoms with Gasteiger partial charge in [-0.1, -0.05) is 18.2 Å². The molecule has 1 heterocycles.